The molecule has 158 valence electrons. The van der Waals surface area contributed by atoms with Crippen LogP contribution >= 0.6 is 0 Å². The molecule has 1 aliphatic heterocycles. The number of carboxylic acid groups (broad SMARTS) is 2. The molecule has 2 aromatic carbocycles. The predicted molar refractivity (Wildman–Crippen MR) is 112 cm³/mol. The third-order valence-corrected chi connectivity index (χ3v) is 5.32. The Hall–Kier alpha value is -3.19. The number of amides is 1. The van der Waals surface area contributed by atoms with Gasteiger partial charge in [-0.15, -0.1) is 0 Å². The number of carbonyl (C=O) groups is 3. The van der Waals surface area contributed by atoms with E-state index >= 15 is 0 Å². The third-order valence-electron chi connectivity index (χ3n) is 5.32. The van der Waals surface area contributed by atoms with E-state index in [0.29, 0.717) is 19.4 Å². The number of aliphatic carboxylic acids is 2. The second-order valence-corrected chi connectivity index (χ2v) is 7.60. The molecule has 0 saturated carbocycles. The fourth-order valence-corrected chi connectivity index (χ4v) is 3.89. The molecule has 7 heteroatoms. The summed E-state index contributed by atoms with van der Waals surface area (Å²) in [6.45, 7) is 0.509. The zero-order chi connectivity index (χ0) is 21.5. The Bertz CT molecular complexity index is 882. The summed E-state index contributed by atoms with van der Waals surface area (Å²) in [5.74, 6) is -2.28. The molecule has 2 atom stereocenters. The second kappa shape index (κ2) is 10.0. The number of nitrogens with one attached hydrogen (secondary N) is 1. The van der Waals surface area contributed by atoms with E-state index in [1.807, 2.05) is 54.6 Å². The molecule has 1 saturated heterocycles. The van der Waals surface area contributed by atoms with Crippen LogP contribution in [0, 0.1) is 0 Å². The molecule has 0 aliphatic carbocycles. The molecule has 3 N–H and O–H groups in total. The van der Waals surface area contributed by atoms with E-state index < -0.39 is 24.0 Å². The normalized spacial score (nSPS) is 17.4. The van der Waals surface area contributed by atoms with Gasteiger partial charge in [0.25, 0.3) is 0 Å². The largest absolute Gasteiger partial charge is 0.481 e. The van der Waals surface area contributed by atoms with Gasteiger partial charge in [-0.05, 0) is 42.5 Å². The van der Waals surface area contributed by atoms with Crippen molar-refractivity contribution in [3.05, 3.63) is 60.2 Å². The Kier molecular flexibility index (Phi) is 7.19. The molecule has 3 rings (SSSR count). The highest BCUT2D eigenvalue weighted by molar-refractivity contribution is 5.81. The molecule has 1 amide bonds. The number of benzene rings is 2. The number of nitrogens with zero attached hydrogens (tertiary/aromatic N) is 1. The molecule has 1 heterocycles. The summed E-state index contributed by atoms with van der Waals surface area (Å²) in [7, 11) is 0. The van der Waals surface area contributed by atoms with E-state index in [1.54, 1.807) is 4.90 Å². The van der Waals surface area contributed by atoms with Crippen molar-refractivity contribution < 1.29 is 24.6 Å². The van der Waals surface area contributed by atoms with Gasteiger partial charge in [-0.3, -0.25) is 19.3 Å². The lowest BCUT2D eigenvalue weighted by molar-refractivity contribution is -0.142. The first-order valence-corrected chi connectivity index (χ1v) is 10.0. The molecular weight excluding hydrogens is 384 g/mol. The first kappa shape index (κ1) is 21.5. The molecule has 0 spiro atoms. The summed E-state index contributed by atoms with van der Waals surface area (Å²) in [6, 6.07) is 16.5. The zero-order valence-corrected chi connectivity index (χ0v) is 16.7. The molecule has 0 radical (unpaired) electrons. The molecule has 30 heavy (non-hydrogen) atoms. The van der Waals surface area contributed by atoms with Gasteiger partial charge in [0, 0.05) is 6.04 Å². The lowest BCUT2D eigenvalue weighted by atomic mass is 9.99. The van der Waals surface area contributed by atoms with Gasteiger partial charge >= 0.3 is 11.9 Å². The standard InChI is InChI=1S/C23H26N2O5/c26-21(15-25-12-4-7-20(25)23(29)30)24-19(14-22(27)28)13-16-8-10-18(11-9-16)17-5-2-1-3-6-17/h1-3,5-6,8-11,19-20H,4,7,12-15H2,(H,24,26)(H,27,28)(H,29,30)/t19-,20-/m1/s1. The molecule has 0 unspecified atom stereocenters. The molecular formula is C23H26N2O5. The van der Waals surface area contributed by atoms with Crippen LogP contribution in [-0.2, 0) is 20.8 Å². The van der Waals surface area contributed by atoms with E-state index in [4.69, 9.17) is 0 Å². The van der Waals surface area contributed by atoms with Crippen molar-refractivity contribution in [3.63, 3.8) is 0 Å². The summed E-state index contributed by atoms with van der Waals surface area (Å²) < 4.78 is 0. The van der Waals surface area contributed by atoms with Crippen molar-refractivity contribution in [2.24, 2.45) is 0 Å². The first-order chi connectivity index (χ1) is 14.4. The molecule has 1 aliphatic rings. The Morgan fingerprint density at radius 2 is 1.67 bits per heavy atom. The van der Waals surface area contributed by atoms with Gasteiger partial charge in [0.2, 0.25) is 5.91 Å². The Morgan fingerprint density at radius 1 is 1.00 bits per heavy atom. The van der Waals surface area contributed by atoms with Gasteiger partial charge in [-0.2, -0.15) is 0 Å². The quantitative estimate of drug-likeness (QED) is 0.586. The van der Waals surface area contributed by atoms with E-state index in [9.17, 15) is 24.6 Å². The van der Waals surface area contributed by atoms with Crippen LogP contribution in [0.25, 0.3) is 11.1 Å². The molecule has 2 aromatic rings. The van der Waals surface area contributed by atoms with Crippen LogP contribution in [0.15, 0.2) is 54.6 Å². The van der Waals surface area contributed by atoms with Crippen LogP contribution in [0.3, 0.4) is 0 Å². The topological polar surface area (TPSA) is 107 Å². The van der Waals surface area contributed by atoms with E-state index in [-0.39, 0.29) is 18.9 Å². The predicted octanol–water partition coefficient (Wildman–Crippen LogP) is 2.40. The highest BCUT2D eigenvalue weighted by Gasteiger charge is 2.32. The fraction of sp³-hybridized carbons (Fsp3) is 0.348. The van der Waals surface area contributed by atoms with Crippen molar-refractivity contribution in [1.29, 1.82) is 0 Å². The van der Waals surface area contributed by atoms with Gasteiger partial charge < -0.3 is 15.5 Å². The van der Waals surface area contributed by atoms with Crippen LogP contribution in [0.5, 0.6) is 0 Å². The highest BCUT2D eigenvalue weighted by Crippen LogP contribution is 2.20. The maximum absolute atomic E-state index is 12.4. The van der Waals surface area contributed by atoms with Crippen LogP contribution in [0.1, 0.15) is 24.8 Å². The second-order valence-electron chi connectivity index (χ2n) is 7.60. The van der Waals surface area contributed by atoms with Crippen molar-refractivity contribution in [3.8, 4) is 11.1 Å². The van der Waals surface area contributed by atoms with Crippen molar-refractivity contribution in [2.45, 2.75) is 37.8 Å². The van der Waals surface area contributed by atoms with E-state index in [1.165, 1.54) is 0 Å². The number of likely N-dealkylation sites (tertiary alicyclic amines) is 1. The van der Waals surface area contributed by atoms with Gasteiger partial charge in [-0.25, -0.2) is 0 Å². The first-order valence-electron chi connectivity index (χ1n) is 10.0. The van der Waals surface area contributed by atoms with E-state index in [2.05, 4.69) is 5.32 Å². The molecule has 7 nitrogen and oxygen atoms in total. The summed E-state index contributed by atoms with van der Waals surface area (Å²) in [5, 5.41) is 21.2. The molecule has 0 aromatic heterocycles. The van der Waals surface area contributed by atoms with Crippen LogP contribution in [-0.4, -0.2) is 58.1 Å². The number of hydrogen-bond acceptors (Lipinski definition) is 4. The van der Waals surface area contributed by atoms with E-state index in [0.717, 1.165) is 23.1 Å². The number of rotatable bonds is 9. The number of carboxylic acids is 2. The number of hydrogen-bond donors (Lipinski definition) is 3. The minimum Gasteiger partial charge on any atom is -0.481 e. The third kappa shape index (κ3) is 5.90. The monoisotopic (exact) mass is 410 g/mol. The van der Waals surface area contributed by atoms with Crippen LogP contribution in [0.2, 0.25) is 0 Å². The van der Waals surface area contributed by atoms with Crippen molar-refractivity contribution in [2.75, 3.05) is 13.1 Å². The molecule has 0 bridgehead atoms. The Morgan fingerprint density at radius 3 is 2.30 bits per heavy atom. The van der Waals surface area contributed by atoms with Crippen molar-refractivity contribution >= 4 is 17.8 Å². The summed E-state index contributed by atoms with van der Waals surface area (Å²) >= 11 is 0. The smallest absolute Gasteiger partial charge is 0.320 e. The summed E-state index contributed by atoms with van der Waals surface area (Å²) in [6.07, 6.45) is 1.44. The van der Waals surface area contributed by atoms with Gasteiger partial charge in [0.1, 0.15) is 6.04 Å². The fourth-order valence-electron chi connectivity index (χ4n) is 3.89. The lowest BCUT2D eigenvalue weighted by Crippen LogP contribution is -2.46. The van der Waals surface area contributed by atoms with Crippen LogP contribution < -0.4 is 5.32 Å². The highest BCUT2D eigenvalue weighted by atomic mass is 16.4. The maximum atomic E-state index is 12.4. The maximum Gasteiger partial charge on any atom is 0.320 e. The zero-order valence-electron chi connectivity index (χ0n) is 16.7. The summed E-state index contributed by atoms with van der Waals surface area (Å²) in [5.41, 5.74) is 3.08. The Balaban J connectivity index is 1.62. The van der Waals surface area contributed by atoms with Gasteiger partial charge in [-0.1, -0.05) is 54.6 Å². The minimum atomic E-state index is -0.995. The number of carbonyl (C=O) groups excluding carboxylic acids is 1. The van der Waals surface area contributed by atoms with Crippen LogP contribution in [0.4, 0.5) is 0 Å². The summed E-state index contributed by atoms with van der Waals surface area (Å²) in [4.78, 5) is 36.6. The lowest BCUT2D eigenvalue weighted by Gasteiger charge is -2.23. The van der Waals surface area contributed by atoms with Gasteiger partial charge in [0.15, 0.2) is 0 Å². The Labute approximate surface area is 175 Å². The van der Waals surface area contributed by atoms with Gasteiger partial charge in [0.05, 0.1) is 13.0 Å². The average molecular weight is 410 g/mol. The minimum absolute atomic E-state index is 0.0416. The SMILES string of the molecule is O=C(O)C[C@@H](Cc1ccc(-c2ccccc2)cc1)NC(=O)CN1CCC[C@@H]1C(=O)O. The van der Waals surface area contributed by atoms with Crippen molar-refractivity contribution in [1.82, 2.24) is 10.2 Å². The average Bonchev–Trinajstić information content (AvgIpc) is 3.17. The molecule has 1 fully saturated rings.